The molecule has 0 saturated carbocycles. The number of pyridine rings is 1. The zero-order valence-electron chi connectivity index (χ0n) is 21.1. The molecule has 7 nitrogen and oxygen atoms in total. The van der Waals surface area contributed by atoms with Gasteiger partial charge in [-0.05, 0) is 68.3 Å². The van der Waals surface area contributed by atoms with E-state index in [2.05, 4.69) is 4.98 Å². The number of hydrogen-bond acceptors (Lipinski definition) is 5. The normalized spacial score (nSPS) is 11.8. The Morgan fingerprint density at radius 2 is 1.76 bits per heavy atom. The molecule has 0 saturated heterocycles. The van der Waals surface area contributed by atoms with Gasteiger partial charge in [-0.3, -0.25) is 4.98 Å². The fourth-order valence-electron chi connectivity index (χ4n) is 3.81. The van der Waals surface area contributed by atoms with Crippen LogP contribution in [0.15, 0.2) is 90.2 Å². The Kier molecular flexibility index (Phi) is 7.18. The largest absolute Gasteiger partial charge is 0.444 e. The predicted octanol–water partition coefficient (Wildman–Crippen LogP) is 5.96. The lowest BCUT2D eigenvalue weighted by atomic mass is 10.1. The highest BCUT2D eigenvalue weighted by Gasteiger charge is 2.25. The van der Waals surface area contributed by atoms with E-state index < -0.39 is 27.5 Å². The number of carbonyl (C=O) groups is 1. The Labute approximate surface area is 216 Å². The summed E-state index contributed by atoms with van der Waals surface area (Å²) in [5, 5.41) is 0. The van der Waals surface area contributed by atoms with Gasteiger partial charge in [0.1, 0.15) is 11.4 Å². The Bertz CT molecular complexity index is 1530. The summed E-state index contributed by atoms with van der Waals surface area (Å²) in [4.78, 5) is 18.0. The molecule has 4 rings (SSSR count). The molecule has 0 aliphatic rings. The number of benzene rings is 2. The highest BCUT2D eigenvalue weighted by molar-refractivity contribution is 7.90. The van der Waals surface area contributed by atoms with Crippen LogP contribution in [0.2, 0.25) is 0 Å². The molecule has 0 unspecified atom stereocenters. The van der Waals surface area contributed by atoms with Crippen LogP contribution >= 0.6 is 0 Å². The number of amides is 1. The summed E-state index contributed by atoms with van der Waals surface area (Å²) in [7, 11) is -2.58. The second kappa shape index (κ2) is 10.2. The van der Waals surface area contributed by atoms with Crippen molar-refractivity contribution in [2.45, 2.75) is 37.8 Å². The first-order valence-electron chi connectivity index (χ1n) is 11.6. The van der Waals surface area contributed by atoms with E-state index in [4.69, 9.17) is 4.74 Å². The van der Waals surface area contributed by atoms with Gasteiger partial charge in [-0.25, -0.2) is 21.6 Å². The molecule has 4 aromatic rings. The van der Waals surface area contributed by atoms with Crippen LogP contribution in [0, 0.1) is 5.82 Å². The lowest BCUT2D eigenvalue weighted by Crippen LogP contribution is -2.33. The Hall–Kier alpha value is -3.98. The van der Waals surface area contributed by atoms with Crippen LogP contribution in [-0.4, -0.2) is 41.0 Å². The van der Waals surface area contributed by atoms with Gasteiger partial charge in [-0.2, -0.15) is 0 Å². The van der Waals surface area contributed by atoms with E-state index in [0.717, 1.165) is 9.54 Å². The van der Waals surface area contributed by atoms with E-state index in [0.29, 0.717) is 11.1 Å². The average Bonchev–Trinajstić information content (AvgIpc) is 3.28. The van der Waals surface area contributed by atoms with Crippen molar-refractivity contribution in [1.82, 2.24) is 13.9 Å². The first kappa shape index (κ1) is 26.1. The molecule has 0 aliphatic heterocycles. The molecule has 2 heterocycles. The summed E-state index contributed by atoms with van der Waals surface area (Å²) in [6.45, 7) is 5.35. The molecule has 1 amide bonds. The van der Waals surface area contributed by atoms with E-state index in [-0.39, 0.29) is 22.7 Å². The van der Waals surface area contributed by atoms with Crippen LogP contribution in [0.25, 0.3) is 22.4 Å². The first-order chi connectivity index (χ1) is 17.5. The average molecular weight is 522 g/mol. The number of carbonyl (C=O) groups excluding carboxylic acids is 1. The van der Waals surface area contributed by atoms with Gasteiger partial charge in [0.2, 0.25) is 0 Å². The number of aromatic nitrogens is 2. The van der Waals surface area contributed by atoms with Crippen LogP contribution in [0.3, 0.4) is 0 Å². The number of halogens is 1. The summed E-state index contributed by atoms with van der Waals surface area (Å²) in [5.74, 6) is -0.562. The van der Waals surface area contributed by atoms with Gasteiger partial charge in [-0.15, -0.1) is 0 Å². The van der Waals surface area contributed by atoms with Crippen molar-refractivity contribution in [1.29, 1.82) is 0 Å². The van der Waals surface area contributed by atoms with Crippen LogP contribution < -0.4 is 0 Å². The van der Waals surface area contributed by atoms with E-state index in [1.165, 1.54) is 35.4 Å². The van der Waals surface area contributed by atoms with Crippen molar-refractivity contribution in [2.75, 3.05) is 7.05 Å². The minimum atomic E-state index is -4.13. The molecule has 0 N–H and O–H groups in total. The van der Waals surface area contributed by atoms with E-state index >= 15 is 0 Å². The van der Waals surface area contributed by atoms with Gasteiger partial charge < -0.3 is 9.64 Å². The highest BCUT2D eigenvalue weighted by Crippen LogP contribution is 2.31. The van der Waals surface area contributed by atoms with Crippen LogP contribution in [-0.2, 0) is 21.3 Å². The maximum atomic E-state index is 14.8. The summed E-state index contributed by atoms with van der Waals surface area (Å²) in [6, 6.07) is 17.6. The maximum Gasteiger partial charge on any atom is 0.410 e. The first-order valence-corrected chi connectivity index (χ1v) is 13.1. The Balaban J connectivity index is 1.78. The SMILES string of the molecule is CN(Cc1cc(-c2ccccc2F)n(S(=O)(=O)c2cccc(-c3cccnc3)c2)c1)C(=O)OC(C)(C)C. The zero-order valence-corrected chi connectivity index (χ0v) is 21.9. The topological polar surface area (TPSA) is 81.5 Å². The third-order valence-electron chi connectivity index (χ3n) is 5.50. The van der Waals surface area contributed by atoms with E-state index in [9.17, 15) is 17.6 Å². The molecule has 0 fully saturated rings. The molecule has 0 aliphatic carbocycles. The molecule has 2 aromatic carbocycles. The lowest BCUT2D eigenvalue weighted by Gasteiger charge is -2.24. The lowest BCUT2D eigenvalue weighted by molar-refractivity contribution is 0.0285. The van der Waals surface area contributed by atoms with Crippen molar-refractivity contribution in [3.05, 3.63) is 96.7 Å². The summed E-state index contributed by atoms with van der Waals surface area (Å²) in [6.07, 6.45) is 4.14. The van der Waals surface area contributed by atoms with Crippen LogP contribution in [0.1, 0.15) is 26.3 Å². The molecule has 0 radical (unpaired) electrons. The second-order valence-corrected chi connectivity index (χ2v) is 11.4. The zero-order chi connectivity index (χ0) is 26.8. The van der Waals surface area contributed by atoms with Crippen molar-refractivity contribution in [3.8, 4) is 22.4 Å². The van der Waals surface area contributed by atoms with Gasteiger partial charge in [0, 0.05) is 36.8 Å². The van der Waals surface area contributed by atoms with Gasteiger partial charge in [0.25, 0.3) is 10.0 Å². The van der Waals surface area contributed by atoms with E-state index in [1.807, 2.05) is 6.07 Å². The molecule has 9 heteroatoms. The van der Waals surface area contributed by atoms with E-state index in [1.54, 1.807) is 76.6 Å². The summed E-state index contributed by atoms with van der Waals surface area (Å²) >= 11 is 0. The number of nitrogens with zero attached hydrogens (tertiary/aromatic N) is 3. The van der Waals surface area contributed by atoms with Gasteiger partial charge in [0.05, 0.1) is 17.1 Å². The van der Waals surface area contributed by atoms with Crippen molar-refractivity contribution < 1.29 is 22.3 Å². The van der Waals surface area contributed by atoms with Crippen molar-refractivity contribution >= 4 is 16.1 Å². The van der Waals surface area contributed by atoms with Crippen molar-refractivity contribution in [3.63, 3.8) is 0 Å². The third-order valence-corrected chi connectivity index (χ3v) is 7.17. The molecular weight excluding hydrogens is 493 g/mol. The summed E-state index contributed by atoms with van der Waals surface area (Å²) in [5.41, 5.74) is 1.54. The standard InChI is InChI=1S/C28H28FN3O4S/c1-28(2,3)36-27(33)31(4)18-20-15-26(24-12-5-6-13-25(24)29)32(19-20)37(34,35)23-11-7-9-21(16-23)22-10-8-14-30-17-22/h5-17,19H,18H2,1-4H3. The smallest absolute Gasteiger partial charge is 0.410 e. The fourth-order valence-corrected chi connectivity index (χ4v) is 5.25. The number of rotatable bonds is 6. The monoisotopic (exact) mass is 521 g/mol. The van der Waals surface area contributed by atoms with Crippen LogP contribution in [0.4, 0.5) is 9.18 Å². The minimum absolute atomic E-state index is 0.0362. The van der Waals surface area contributed by atoms with Crippen LogP contribution in [0.5, 0.6) is 0 Å². The third kappa shape index (κ3) is 5.89. The summed E-state index contributed by atoms with van der Waals surface area (Å²) < 4.78 is 49.0. The maximum absolute atomic E-state index is 14.8. The number of hydrogen-bond donors (Lipinski definition) is 0. The molecule has 37 heavy (non-hydrogen) atoms. The highest BCUT2D eigenvalue weighted by atomic mass is 32.2. The second-order valence-electron chi connectivity index (χ2n) is 9.62. The molecule has 0 bridgehead atoms. The molecule has 2 aromatic heterocycles. The quantitative estimate of drug-likeness (QED) is 0.313. The van der Waals surface area contributed by atoms with Gasteiger partial charge in [0.15, 0.2) is 0 Å². The fraction of sp³-hybridized carbons (Fsp3) is 0.214. The minimum Gasteiger partial charge on any atom is -0.444 e. The molecule has 0 atom stereocenters. The molecule has 192 valence electrons. The number of ether oxygens (including phenoxy) is 1. The predicted molar refractivity (Wildman–Crippen MR) is 140 cm³/mol. The van der Waals surface area contributed by atoms with Gasteiger partial charge >= 0.3 is 6.09 Å². The Morgan fingerprint density at radius 1 is 1.03 bits per heavy atom. The van der Waals surface area contributed by atoms with Gasteiger partial charge in [-0.1, -0.05) is 30.3 Å². The molecule has 0 spiro atoms. The molecular formula is C28H28FN3O4S. The Morgan fingerprint density at radius 3 is 2.43 bits per heavy atom. The van der Waals surface area contributed by atoms with Crippen molar-refractivity contribution in [2.24, 2.45) is 0 Å².